The van der Waals surface area contributed by atoms with E-state index in [9.17, 15) is 18.8 Å². The van der Waals surface area contributed by atoms with Gasteiger partial charge >= 0.3 is 5.97 Å². The first kappa shape index (κ1) is 22.7. The van der Waals surface area contributed by atoms with Crippen LogP contribution in [0.2, 0.25) is 0 Å². The lowest BCUT2D eigenvalue weighted by molar-refractivity contribution is -0.128. The second-order valence-corrected chi connectivity index (χ2v) is 9.32. The Morgan fingerprint density at radius 2 is 1.91 bits per heavy atom. The molecule has 2 aromatic carbocycles. The molecule has 0 saturated carbocycles. The molecule has 0 unspecified atom stereocenters. The summed E-state index contributed by atoms with van der Waals surface area (Å²) in [5.41, 5.74) is 0.888. The van der Waals surface area contributed by atoms with Gasteiger partial charge in [0.1, 0.15) is 11.1 Å². The zero-order valence-corrected chi connectivity index (χ0v) is 18.7. The third-order valence-electron chi connectivity index (χ3n) is 4.73. The molecule has 2 N–H and O–H groups in total. The van der Waals surface area contributed by atoms with E-state index in [1.165, 1.54) is 70.5 Å². The number of thiophene rings is 1. The van der Waals surface area contributed by atoms with Crippen molar-refractivity contribution in [2.24, 2.45) is 4.99 Å². The fourth-order valence-electron chi connectivity index (χ4n) is 3.17. The van der Waals surface area contributed by atoms with Gasteiger partial charge < -0.3 is 10.4 Å². The van der Waals surface area contributed by atoms with Crippen LogP contribution in [0.4, 0.5) is 15.8 Å². The molecular weight excluding hydrogens is 465 g/mol. The maximum Gasteiger partial charge on any atom is 0.335 e. The van der Waals surface area contributed by atoms with E-state index in [4.69, 9.17) is 5.11 Å². The number of hydrogen-bond donors (Lipinski definition) is 2. The van der Waals surface area contributed by atoms with Crippen molar-refractivity contribution in [1.82, 2.24) is 4.90 Å². The topological polar surface area (TPSA) is 99.1 Å². The molecule has 0 radical (unpaired) electrons. The van der Waals surface area contributed by atoms with E-state index < -0.39 is 17.1 Å². The number of amidine groups is 1. The number of aliphatic imine (C=N–C) groups is 1. The minimum atomic E-state index is -1.10. The highest BCUT2D eigenvalue weighted by Crippen LogP contribution is 2.33. The van der Waals surface area contributed by atoms with E-state index >= 15 is 0 Å². The Hall–Kier alpha value is -3.50. The lowest BCUT2D eigenvalue weighted by Crippen LogP contribution is -2.32. The summed E-state index contributed by atoms with van der Waals surface area (Å²) in [6, 6.07) is 15.3. The lowest BCUT2D eigenvalue weighted by Gasteiger charge is -2.15. The fourth-order valence-corrected chi connectivity index (χ4v) is 5.02. The summed E-state index contributed by atoms with van der Waals surface area (Å²) in [5, 5.41) is 13.4. The van der Waals surface area contributed by atoms with Crippen molar-refractivity contribution >= 4 is 57.4 Å². The molecule has 0 aliphatic carbocycles. The Kier molecular flexibility index (Phi) is 6.85. The van der Waals surface area contributed by atoms with Gasteiger partial charge in [0.05, 0.1) is 17.8 Å². The Morgan fingerprint density at radius 3 is 2.61 bits per heavy atom. The number of carboxylic acid groups (broad SMARTS) is 1. The van der Waals surface area contributed by atoms with E-state index in [0.717, 1.165) is 4.88 Å². The summed E-state index contributed by atoms with van der Waals surface area (Å²) in [6.07, 6.45) is -0.107. The molecule has 168 valence electrons. The average Bonchev–Trinajstić information content (AvgIpc) is 3.40. The van der Waals surface area contributed by atoms with Gasteiger partial charge in [-0.15, -0.1) is 11.3 Å². The van der Waals surface area contributed by atoms with Crippen LogP contribution in [0.1, 0.15) is 21.7 Å². The van der Waals surface area contributed by atoms with E-state index in [-0.39, 0.29) is 23.7 Å². The number of anilines is 1. The number of rotatable bonds is 7. The van der Waals surface area contributed by atoms with Crippen molar-refractivity contribution in [3.8, 4) is 0 Å². The molecule has 1 atom stereocenters. The van der Waals surface area contributed by atoms with Crippen LogP contribution < -0.4 is 5.32 Å². The molecule has 2 amide bonds. The first-order valence-electron chi connectivity index (χ1n) is 9.87. The van der Waals surface area contributed by atoms with Gasteiger partial charge in [0.25, 0.3) is 0 Å². The number of nitrogens with zero attached hydrogens (tertiary/aromatic N) is 2. The molecule has 0 bridgehead atoms. The van der Waals surface area contributed by atoms with Crippen LogP contribution >= 0.6 is 23.1 Å². The summed E-state index contributed by atoms with van der Waals surface area (Å²) < 4.78 is 13.3. The highest BCUT2D eigenvalue weighted by molar-refractivity contribution is 8.15. The second-order valence-electron chi connectivity index (χ2n) is 7.12. The zero-order chi connectivity index (χ0) is 23.4. The fraction of sp³-hybridized carbons (Fsp3) is 0.130. The molecule has 1 fully saturated rings. The smallest absolute Gasteiger partial charge is 0.335 e. The van der Waals surface area contributed by atoms with Crippen LogP contribution in [-0.4, -0.2) is 38.2 Å². The van der Waals surface area contributed by atoms with Crippen LogP contribution in [0.5, 0.6) is 0 Å². The molecule has 1 aliphatic rings. The van der Waals surface area contributed by atoms with Gasteiger partial charge in [-0.1, -0.05) is 23.9 Å². The Bertz CT molecular complexity index is 1210. The van der Waals surface area contributed by atoms with Gasteiger partial charge in [-0.3, -0.25) is 14.5 Å². The molecule has 7 nitrogen and oxygen atoms in total. The maximum atomic E-state index is 13.3. The molecular formula is C23H18FN3O4S2. The number of thioether (sulfide) groups is 1. The molecule has 33 heavy (non-hydrogen) atoms. The zero-order valence-electron chi connectivity index (χ0n) is 17.1. The van der Waals surface area contributed by atoms with Crippen LogP contribution in [0.25, 0.3) is 0 Å². The van der Waals surface area contributed by atoms with Crippen molar-refractivity contribution in [2.75, 3.05) is 5.32 Å². The second kappa shape index (κ2) is 9.97. The molecule has 1 saturated heterocycles. The van der Waals surface area contributed by atoms with Gasteiger partial charge in [-0.05, 0) is 53.9 Å². The highest BCUT2D eigenvalue weighted by Gasteiger charge is 2.39. The van der Waals surface area contributed by atoms with Crippen LogP contribution in [0, 0.1) is 5.82 Å². The molecule has 1 aromatic heterocycles. The number of carbonyl (C=O) groups excluding carboxylic acids is 2. The van der Waals surface area contributed by atoms with Gasteiger partial charge in [-0.25, -0.2) is 14.2 Å². The summed E-state index contributed by atoms with van der Waals surface area (Å²) in [7, 11) is 0. The number of aromatic carboxylic acids is 1. The van der Waals surface area contributed by atoms with Gasteiger partial charge in [0.2, 0.25) is 11.8 Å². The first-order chi connectivity index (χ1) is 15.9. The van der Waals surface area contributed by atoms with Crippen molar-refractivity contribution < 1.29 is 23.9 Å². The van der Waals surface area contributed by atoms with Crippen LogP contribution in [-0.2, 0) is 16.1 Å². The number of benzene rings is 2. The minimum absolute atomic E-state index is 0.0509. The highest BCUT2D eigenvalue weighted by atomic mass is 32.2. The lowest BCUT2D eigenvalue weighted by atomic mass is 10.2. The van der Waals surface area contributed by atoms with Gasteiger partial charge in [-0.2, -0.15) is 0 Å². The third-order valence-corrected chi connectivity index (χ3v) is 6.77. The molecule has 2 heterocycles. The monoisotopic (exact) mass is 483 g/mol. The standard InChI is InChI=1S/C23H18FN3O4S2/c24-15-6-8-16(9-7-15)26-23-27(13-18-5-2-10-32-18)21(29)19(33-23)12-20(28)25-17-4-1-3-14(11-17)22(30)31/h1-11,19H,12-13H2,(H,25,28)(H,30,31)/t19-/m1/s1. The number of amides is 2. The normalized spacial score (nSPS) is 16.9. The SMILES string of the molecule is O=C(C[C@H]1SC(=Nc2ccc(F)cc2)N(Cc2cccs2)C1=O)Nc1cccc(C(=O)O)c1. The Morgan fingerprint density at radius 1 is 1.12 bits per heavy atom. The third kappa shape index (κ3) is 5.65. The van der Waals surface area contributed by atoms with Crippen LogP contribution in [0.15, 0.2) is 71.0 Å². The number of hydrogen-bond acceptors (Lipinski definition) is 6. The molecule has 10 heteroatoms. The number of carboxylic acids is 1. The van der Waals surface area contributed by atoms with Crippen molar-refractivity contribution in [3.63, 3.8) is 0 Å². The van der Waals surface area contributed by atoms with E-state index in [2.05, 4.69) is 10.3 Å². The molecule has 4 rings (SSSR count). The number of carbonyl (C=O) groups is 3. The first-order valence-corrected chi connectivity index (χ1v) is 11.6. The van der Waals surface area contributed by atoms with Gasteiger partial charge in [0.15, 0.2) is 5.17 Å². The maximum absolute atomic E-state index is 13.3. The minimum Gasteiger partial charge on any atom is -0.478 e. The molecule has 1 aliphatic heterocycles. The van der Waals surface area contributed by atoms with Gasteiger partial charge in [0, 0.05) is 17.0 Å². The predicted octanol–water partition coefficient (Wildman–Crippen LogP) is 4.75. The number of halogens is 1. The van der Waals surface area contributed by atoms with Crippen molar-refractivity contribution in [2.45, 2.75) is 18.2 Å². The quantitative estimate of drug-likeness (QED) is 0.506. The Labute approximate surface area is 197 Å². The summed E-state index contributed by atoms with van der Waals surface area (Å²) in [5.74, 6) is -2.14. The van der Waals surface area contributed by atoms with E-state index in [0.29, 0.717) is 23.1 Å². The summed E-state index contributed by atoms with van der Waals surface area (Å²) in [4.78, 5) is 43.9. The van der Waals surface area contributed by atoms with E-state index in [1.54, 1.807) is 6.07 Å². The van der Waals surface area contributed by atoms with Crippen molar-refractivity contribution in [3.05, 3.63) is 82.3 Å². The number of nitrogens with one attached hydrogen (secondary N) is 1. The van der Waals surface area contributed by atoms with Crippen LogP contribution in [0.3, 0.4) is 0 Å². The average molecular weight is 484 g/mol. The van der Waals surface area contributed by atoms with Crippen molar-refractivity contribution in [1.29, 1.82) is 0 Å². The largest absolute Gasteiger partial charge is 0.478 e. The summed E-state index contributed by atoms with van der Waals surface area (Å²) >= 11 is 2.68. The Balaban J connectivity index is 1.51. The molecule has 3 aromatic rings. The molecule has 0 spiro atoms. The van der Waals surface area contributed by atoms with E-state index in [1.807, 2.05) is 17.5 Å². The summed E-state index contributed by atoms with van der Waals surface area (Å²) in [6.45, 7) is 0.322. The predicted molar refractivity (Wildman–Crippen MR) is 126 cm³/mol.